The number of carbonyl (C=O) groups excluding carboxylic acids is 1. The van der Waals surface area contributed by atoms with Crippen LogP contribution >= 0.6 is 0 Å². The predicted octanol–water partition coefficient (Wildman–Crippen LogP) is 3.76. The van der Waals surface area contributed by atoms with Crippen LogP contribution < -0.4 is 10.0 Å². The van der Waals surface area contributed by atoms with Crippen molar-refractivity contribution >= 4 is 21.6 Å². The van der Waals surface area contributed by atoms with E-state index in [4.69, 9.17) is 0 Å². The molecule has 1 amide bonds. The molecule has 6 nitrogen and oxygen atoms in total. The van der Waals surface area contributed by atoms with Gasteiger partial charge in [-0.2, -0.15) is 8.42 Å². The number of nitrogens with zero attached hydrogens (tertiary/aromatic N) is 1. The molecule has 3 aromatic rings. The summed E-state index contributed by atoms with van der Waals surface area (Å²) in [4.78, 5) is 16.7. The number of hydrogen-bond donors (Lipinski definition) is 2. The van der Waals surface area contributed by atoms with E-state index < -0.39 is 10.0 Å². The third kappa shape index (κ3) is 4.55. The van der Waals surface area contributed by atoms with Crippen molar-refractivity contribution in [2.45, 2.75) is 24.4 Å². The van der Waals surface area contributed by atoms with Crippen LogP contribution in [0.3, 0.4) is 0 Å². The maximum absolute atomic E-state index is 12.9. The van der Waals surface area contributed by atoms with Crippen molar-refractivity contribution in [2.24, 2.45) is 0 Å². The van der Waals surface area contributed by atoms with Gasteiger partial charge < -0.3 is 5.32 Å². The van der Waals surface area contributed by atoms with Crippen molar-refractivity contribution in [1.82, 2.24) is 10.3 Å². The second-order valence-electron chi connectivity index (χ2n) is 6.16. The Morgan fingerprint density at radius 1 is 0.964 bits per heavy atom. The minimum absolute atomic E-state index is 0.110. The minimum atomic E-state index is -3.90. The van der Waals surface area contributed by atoms with Gasteiger partial charge in [-0.1, -0.05) is 55.5 Å². The quantitative estimate of drug-likeness (QED) is 0.637. The van der Waals surface area contributed by atoms with Crippen LogP contribution in [-0.2, 0) is 10.0 Å². The number of sulfonamides is 1. The van der Waals surface area contributed by atoms with Crippen LogP contribution in [0.25, 0.3) is 0 Å². The Kier molecular flexibility index (Phi) is 6.06. The maximum atomic E-state index is 12.9. The van der Waals surface area contributed by atoms with E-state index in [1.165, 1.54) is 12.3 Å². The largest absolute Gasteiger partial charge is 0.345 e. The monoisotopic (exact) mass is 395 g/mol. The molecule has 2 N–H and O–H groups in total. The van der Waals surface area contributed by atoms with Gasteiger partial charge in [0.1, 0.15) is 0 Å². The highest BCUT2D eigenvalue weighted by Crippen LogP contribution is 2.22. The Bertz CT molecular complexity index is 1040. The third-order valence-corrected chi connectivity index (χ3v) is 5.53. The molecule has 0 saturated carbocycles. The van der Waals surface area contributed by atoms with E-state index in [0.29, 0.717) is 6.42 Å². The highest BCUT2D eigenvalue weighted by atomic mass is 32.2. The summed E-state index contributed by atoms with van der Waals surface area (Å²) in [5.41, 5.74) is 1.44. The van der Waals surface area contributed by atoms with Crippen LogP contribution in [0.5, 0.6) is 0 Å². The molecule has 2 aromatic carbocycles. The van der Waals surface area contributed by atoms with E-state index in [-0.39, 0.29) is 28.2 Å². The summed E-state index contributed by atoms with van der Waals surface area (Å²) in [6.07, 6.45) is 2.11. The fraction of sp³-hybridized carbons (Fsp3) is 0.143. The van der Waals surface area contributed by atoms with Gasteiger partial charge in [-0.25, -0.2) is 4.98 Å². The molecular formula is C21H21N3O3S. The number of hydrogen-bond acceptors (Lipinski definition) is 4. The van der Waals surface area contributed by atoms with Gasteiger partial charge in [-0.15, -0.1) is 0 Å². The summed E-state index contributed by atoms with van der Waals surface area (Å²) in [6, 6.07) is 20.6. The SMILES string of the molecule is CC[C@H](NC(=O)c1ccccc1NS(=O)(=O)c1ccccn1)c1ccccc1. The number of nitrogens with one attached hydrogen (secondary N) is 2. The highest BCUT2D eigenvalue weighted by molar-refractivity contribution is 7.92. The summed E-state index contributed by atoms with van der Waals surface area (Å²) >= 11 is 0. The van der Waals surface area contributed by atoms with Gasteiger partial charge in [0.15, 0.2) is 5.03 Å². The normalized spacial score (nSPS) is 12.2. The van der Waals surface area contributed by atoms with E-state index >= 15 is 0 Å². The Morgan fingerprint density at radius 2 is 1.64 bits per heavy atom. The van der Waals surface area contributed by atoms with Gasteiger partial charge in [0.25, 0.3) is 15.9 Å². The Morgan fingerprint density at radius 3 is 2.32 bits per heavy atom. The van der Waals surface area contributed by atoms with Crippen molar-refractivity contribution in [3.8, 4) is 0 Å². The van der Waals surface area contributed by atoms with E-state index in [9.17, 15) is 13.2 Å². The van der Waals surface area contributed by atoms with Crippen molar-refractivity contribution in [3.05, 3.63) is 90.1 Å². The lowest BCUT2D eigenvalue weighted by atomic mass is 10.0. The predicted molar refractivity (Wildman–Crippen MR) is 108 cm³/mol. The highest BCUT2D eigenvalue weighted by Gasteiger charge is 2.21. The zero-order chi connectivity index (χ0) is 20.0. The molecule has 1 aromatic heterocycles. The number of carbonyl (C=O) groups is 1. The molecule has 0 fully saturated rings. The van der Waals surface area contributed by atoms with E-state index in [2.05, 4.69) is 15.0 Å². The molecule has 0 unspecified atom stereocenters. The lowest BCUT2D eigenvalue weighted by Gasteiger charge is -2.19. The number of amides is 1. The van der Waals surface area contributed by atoms with Gasteiger partial charge in [0.05, 0.1) is 17.3 Å². The number of pyridine rings is 1. The topological polar surface area (TPSA) is 88.2 Å². The summed E-state index contributed by atoms with van der Waals surface area (Å²) in [7, 11) is -3.90. The van der Waals surface area contributed by atoms with Crippen LogP contribution in [0, 0.1) is 0 Å². The van der Waals surface area contributed by atoms with Crippen molar-refractivity contribution < 1.29 is 13.2 Å². The van der Waals surface area contributed by atoms with Gasteiger partial charge in [0.2, 0.25) is 0 Å². The van der Waals surface area contributed by atoms with Crippen LogP contribution in [0.2, 0.25) is 0 Å². The first-order chi connectivity index (χ1) is 13.5. The average Bonchev–Trinajstić information content (AvgIpc) is 2.73. The van der Waals surface area contributed by atoms with Gasteiger partial charge in [0, 0.05) is 6.20 Å². The smallest absolute Gasteiger partial charge is 0.279 e. The molecule has 0 spiro atoms. The molecular weight excluding hydrogens is 374 g/mol. The number of para-hydroxylation sites is 1. The zero-order valence-electron chi connectivity index (χ0n) is 15.4. The summed E-state index contributed by atoms with van der Waals surface area (Å²) in [5, 5.41) is 2.87. The van der Waals surface area contributed by atoms with Crippen LogP contribution in [0.1, 0.15) is 35.3 Å². The Labute approximate surface area is 164 Å². The molecule has 0 radical (unpaired) electrons. The Hall–Kier alpha value is -3.19. The molecule has 7 heteroatoms. The lowest BCUT2D eigenvalue weighted by Crippen LogP contribution is -2.29. The minimum Gasteiger partial charge on any atom is -0.345 e. The lowest BCUT2D eigenvalue weighted by molar-refractivity contribution is 0.0936. The molecule has 28 heavy (non-hydrogen) atoms. The number of aromatic nitrogens is 1. The molecule has 1 atom stereocenters. The molecule has 3 rings (SSSR count). The van der Waals surface area contributed by atoms with E-state index in [1.807, 2.05) is 37.3 Å². The summed E-state index contributed by atoms with van der Waals surface area (Å²) in [6.45, 7) is 1.98. The first-order valence-electron chi connectivity index (χ1n) is 8.90. The van der Waals surface area contributed by atoms with E-state index in [1.54, 1.807) is 36.4 Å². The number of rotatable bonds is 7. The molecule has 144 valence electrons. The fourth-order valence-electron chi connectivity index (χ4n) is 2.82. The molecule has 0 saturated heterocycles. The van der Waals surface area contributed by atoms with Gasteiger partial charge in [-0.3, -0.25) is 9.52 Å². The third-order valence-electron chi connectivity index (χ3n) is 4.24. The van der Waals surface area contributed by atoms with Crippen LogP contribution in [0.15, 0.2) is 84.0 Å². The van der Waals surface area contributed by atoms with Gasteiger partial charge in [-0.05, 0) is 36.2 Å². The molecule has 1 heterocycles. The second kappa shape index (κ2) is 8.67. The van der Waals surface area contributed by atoms with Crippen LogP contribution in [0.4, 0.5) is 5.69 Å². The molecule has 0 bridgehead atoms. The fourth-order valence-corrected chi connectivity index (χ4v) is 3.85. The number of benzene rings is 2. The molecule has 0 aliphatic heterocycles. The summed E-state index contributed by atoms with van der Waals surface area (Å²) < 4.78 is 27.6. The number of anilines is 1. The average molecular weight is 395 g/mol. The van der Waals surface area contributed by atoms with Crippen LogP contribution in [-0.4, -0.2) is 19.3 Å². The van der Waals surface area contributed by atoms with E-state index in [0.717, 1.165) is 5.56 Å². The first-order valence-corrected chi connectivity index (χ1v) is 10.4. The molecule has 0 aliphatic carbocycles. The second-order valence-corrected chi connectivity index (χ2v) is 7.79. The van der Waals surface area contributed by atoms with Gasteiger partial charge >= 0.3 is 0 Å². The maximum Gasteiger partial charge on any atom is 0.279 e. The first kappa shape index (κ1) is 19.6. The summed E-state index contributed by atoms with van der Waals surface area (Å²) in [5.74, 6) is -0.352. The van der Waals surface area contributed by atoms with Crippen molar-refractivity contribution in [1.29, 1.82) is 0 Å². The van der Waals surface area contributed by atoms with Crippen molar-refractivity contribution in [3.63, 3.8) is 0 Å². The Balaban J connectivity index is 1.85. The zero-order valence-corrected chi connectivity index (χ0v) is 16.2. The standard InChI is InChI=1S/C21H21N3O3S/c1-2-18(16-10-4-3-5-11-16)23-21(25)17-12-6-7-13-19(17)24-28(26,27)20-14-8-9-15-22-20/h3-15,18,24H,2H2,1H3,(H,23,25)/t18-/m0/s1. The molecule has 0 aliphatic rings. The van der Waals surface area contributed by atoms with Crippen molar-refractivity contribution in [2.75, 3.05) is 4.72 Å².